The Bertz CT molecular complexity index is 1330. The molecule has 0 saturated heterocycles. The Morgan fingerprint density at radius 3 is 2.55 bits per heavy atom. The molecule has 0 aliphatic carbocycles. The van der Waals surface area contributed by atoms with Gasteiger partial charge in [0.25, 0.3) is 0 Å². The second-order valence-electron chi connectivity index (χ2n) is 6.96. The molecule has 0 radical (unpaired) electrons. The van der Waals surface area contributed by atoms with E-state index < -0.39 is 0 Å². The number of thiophene rings is 1. The van der Waals surface area contributed by atoms with Gasteiger partial charge in [-0.25, -0.2) is 9.67 Å². The number of aromatic nitrogens is 4. The van der Waals surface area contributed by atoms with E-state index in [2.05, 4.69) is 32.9 Å². The number of nitrogen functional groups attached to an aromatic ring is 1. The monoisotopic (exact) mass is 446 g/mol. The molecule has 6 nitrogen and oxygen atoms in total. The Morgan fingerprint density at radius 2 is 1.77 bits per heavy atom. The highest BCUT2D eigenvalue weighted by Gasteiger charge is 2.20. The standard InChI is InChI=1S/C23H19ClN6S/c24-18-11-5-4-10-17(18)20-19-21(25)30(15-7-2-1-3-8-15)29-22(19)28-23(27-20)26-13-12-16-9-6-14-31-16/h1-11,14H,12-13,25H2,(H,26,28,29). The predicted octanol–water partition coefficient (Wildman–Crippen LogP) is 5.43. The van der Waals surface area contributed by atoms with Crippen LogP contribution in [-0.2, 0) is 6.42 Å². The summed E-state index contributed by atoms with van der Waals surface area (Å²) in [4.78, 5) is 10.7. The van der Waals surface area contributed by atoms with Crippen molar-refractivity contribution in [1.29, 1.82) is 0 Å². The molecular formula is C23H19ClN6S. The van der Waals surface area contributed by atoms with Crippen LogP contribution in [0.4, 0.5) is 11.8 Å². The number of anilines is 2. The Labute approximate surface area is 188 Å². The number of para-hydroxylation sites is 1. The van der Waals surface area contributed by atoms with E-state index in [9.17, 15) is 0 Å². The lowest BCUT2D eigenvalue weighted by Crippen LogP contribution is -2.08. The Morgan fingerprint density at radius 1 is 0.968 bits per heavy atom. The van der Waals surface area contributed by atoms with Crippen LogP contribution in [0.1, 0.15) is 4.88 Å². The summed E-state index contributed by atoms with van der Waals surface area (Å²) in [6.07, 6.45) is 0.890. The van der Waals surface area contributed by atoms with Crippen molar-refractivity contribution >= 4 is 45.7 Å². The van der Waals surface area contributed by atoms with Crippen molar-refractivity contribution in [2.24, 2.45) is 0 Å². The van der Waals surface area contributed by atoms with E-state index in [0.717, 1.165) is 17.7 Å². The van der Waals surface area contributed by atoms with E-state index in [4.69, 9.17) is 22.3 Å². The molecule has 0 fully saturated rings. The van der Waals surface area contributed by atoms with Crippen LogP contribution in [0.3, 0.4) is 0 Å². The average molecular weight is 447 g/mol. The van der Waals surface area contributed by atoms with Crippen molar-refractivity contribution in [1.82, 2.24) is 19.7 Å². The number of benzene rings is 2. The molecule has 154 valence electrons. The zero-order chi connectivity index (χ0) is 21.2. The smallest absolute Gasteiger partial charge is 0.225 e. The van der Waals surface area contributed by atoms with Gasteiger partial charge in [-0.05, 0) is 36.1 Å². The summed E-state index contributed by atoms with van der Waals surface area (Å²) in [5.41, 5.74) is 9.36. The van der Waals surface area contributed by atoms with Crippen LogP contribution in [0.2, 0.25) is 5.02 Å². The first-order valence-corrected chi connectivity index (χ1v) is 11.1. The fourth-order valence-electron chi connectivity index (χ4n) is 3.46. The van der Waals surface area contributed by atoms with Crippen LogP contribution < -0.4 is 11.1 Å². The zero-order valence-corrected chi connectivity index (χ0v) is 18.1. The molecule has 3 N–H and O–H groups in total. The molecule has 0 unspecified atom stereocenters. The minimum absolute atomic E-state index is 0.473. The Balaban J connectivity index is 1.62. The van der Waals surface area contributed by atoms with Gasteiger partial charge in [0.1, 0.15) is 5.82 Å². The SMILES string of the molecule is Nc1c2c(-c3ccccc3Cl)nc(NCCc3cccs3)nc2nn1-c1ccccc1. The van der Waals surface area contributed by atoms with Gasteiger partial charge in [0, 0.05) is 22.0 Å². The molecule has 5 rings (SSSR count). The number of fused-ring (bicyclic) bond motifs is 1. The maximum Gasteiger partial charge on any atom is 0.225 e. The fraction of sp³-hybridized carbons (Fsp3) is 0.0870. The van der Waals surface area contributed by atoms with Crippen LogP contribution in [0.5, 0.6) is 0 Å². The zero-order valence-electron chi connectivity index (χ0n) is 16.5. The molecule has 0 saturated carbocycles. The number of hydrogen-bond acceptors (Lipinski definition) is 6. The van der Waals surface area contributed by atoms with Gasteiger partial charge in [-0.15, -0.1) is 16.4 Å². The van der Waals surface area contributed by atoms with Gasteiger partial charge in [-0.3, -0.25) is 0 Å². The number of halogens is 1. The minimum atomic E-state index is 0.473. The summed E-state index contributed by atoms with van der Waals surface area (Å²) in [5, 5.41) is 11.4. The summed E-state index contributed by atoms with van der Waals surface area (Å²) >= 11 is 8.25. The van der Waals surface area contributed by atoms with Crippen molar-refractivity contribution in [2.75, 3.05) is 17.6 Å². The lowest BCUT2D eigenvalue weighted by Gasteiger charge is -2.09. The van der Waals surface area contributed by atoms with E-state index in [0.29, 0.717) is 40.1 Å². The molecule has 0 amide bonds. The lowest BCUT2D eigenvalue weighted by molar-refractivity contribution is 0.899. The van der Waals surface area contributed by atoms with Crippen molar-refractivity contribution in [3.05, 3.63) is 82.0 Å². The molecule has 0 bridgehead atoms. The van der Waals surface area contributed by atoms with E-state index >= 15 is 0 Å². The van der Waals surface area contributed by atoms with E-state index in [1.165, 1.54) is 4.88 Å². The number of nitrogens with zero attached hydrogens (tertiary/aromatic N) is 4. The molecule has 2 aromatic carbocycles. The summed E-state index contributed by atoms with van der Waals surface area (Å²) in [6.45, 7) is 0.711. The highest BCUT2D eigenvalue weighted by atomic mass is 35.5. The molecule has 0 atom stereocenters. The highest BCUT2D eigenvalue weighted by Crippen LogP contribution is 2.35. The van der Waals surface area contributed by atoms with Crippen molar-refractivity contribution in [3.8, 4) is 16.9 Å². The normalized spacial score (nSPS) is 11.1. The summed E-state index contributed by atoms with van der Waals surface area (Å²) in [7, 11) is 0. The van der Waals surface area contributed by atoms with Gasteiger partial charge in [-0.1, -0.05) is 54.1 Å². The number of nitrogens with two attached hydrogens (primary N) is 1. The average Bonchev–Trinajstić information content (AvgIpc) is 3.42. The first kappa shape index (κ1) is 19.5. The second kappa shape index (κ2) is 8.37. The van der Waals surface area contributed by atoms with Gasteiger partial charge >= 0.3 is 0 Å². The summed E-state index contributed by atoms with van der Waals surface area (Å²) < 4.78 is 1.69. The molecule has 8 heteroatoms. The predicted molar refractivity (Wildman–Crippen MR) is 128 cm³/mol. The maximum atomic E-state index is 6.53. The molecule has 3 heterocycles. The lowest BCUT2D eigenvalue weighted by atomic mass is 10.1. The van der Waals surface area contributed by atoms with Crippen molar-refractivity contribution < 1.29 is 0 Å². The number of rotatable bonds is 6. The molecule has 5 aromatic rings. The van der Waals surface area contributed by atoms with Gasteiger partial charge in [-0.2, -0.15) is 4.98 Å². The van der Waals surface area contributed by atoms with E-state index in [1.807, 2.05) is 54.6 Å². The van der Waals surface area contributed by atoms with Crippen molar-refractivity contribution in [3.63, 3.8) is 0 Å². The van der Waals surface area contributed by atoms with Crippen LogP contribution in [0.15, 0.2) is 72.1 Å². The molecule has 31 heavy (non-hydrogen) atoms. The van der Waals surface area contributed by atoms with Crippen LogP contribution in [0, 0.1) is 0 Å². The van der Waals surface area contributed by atoms with Gasteiger partial charge in [0.05, 0.1) is 16.8 Å². The molecular weight excluding hydrogens is 428 g/mol. The van der Waals surface area contributed by atoms with E-state index in [1.54, 1.807) is 16.0 Å². The topological polar surface area (TPSA) is 81.7 Å². The minimum Gasteiger partial charge on any atom is -0.383 e. The highest BCUT2D eigenvalue weighted by molar-refractivity contribution is 7.09. The quantitative estimate of drug-likeness (QED) is 0.363. The third-order valence-electron chi connectivity index (χ3n) is 4.93. The van der Waals surface area contributed by atoms with Gasteiger partial charge < -0.3 is 11.1 Å². The Hall–Kier alpha value is -3.42. The van der Waals surface area contributed by atoms with Gasteiger partial charge in [0.15, 0.2) is 5.65 Å². The maximum absolute atomic E-state index is 6.53. The van der Waals surface area contributed by atoms with E-state index in [-0.39, 0.29) is 0 Å². The summed E-state index contributed by atoms with van der Waals surface area (Å²) in [5.74, 6) is 0.970. The fourth-order valence-corrected chi connectivity index (χ4v) is 4.39. The van der Waals surface area contributed by atoms with Gasteiger partial charge in [0.2, 0.25) is 5.95 Å². The Kier molecular flexibility index (Phi) is 5.28. The molecule has 0 spiro atoms. The first-order valence-electron chi connectivity index (χ1n) is 9.83. The molecule has 0 aliphatic heterocycles. The number of nitrogens with one attached hydrogen (secondary N) is 1. The number of hydrogen-bond donors (Lipinski definition) is 2. The summed E-state index contributed by atoms with van der Waals surface area (Å²) in [6, 6.07) is 21.5. The van der Waals surface area contributed by atoms with Crippen LogP contribution in [0.25, 0.3) is 28.0 Å². The molecule has 0 aliphatic rings. The second-order valence-corrected chi connectivity index (χ2v) is 8.40. The largest absolute Gasteiger partial charge is 0.383 e. The first-order chi connectivity index (χ1) is 15.2. The third kappa shape index (κ3) is 3.85. The van der Waals surface area contributed by atoms with Crippen molar-refractivity contribution in [2.45, 2.75) is 6.42 Å². The van der Waals surface area contributed by atoms with Crippen LogP contribution >= 0.6 is 22.9 Å². The van der Waals surface area contributed by atoms with Crippen LogP contribution in [-0.4, -0.2) is 26.3 Å². The third-order valence-corrected chi connectivity index (χ3v) is 6.20. The molecule has 3 aromatic heterocycles.